The highest BCUT2D eigenvalue weighted by atomic mass is 32.1. The fraction of sp³-hybridized carbons (Fsp3) is 0.300. The van der Waals surface area contributed by atoms with Gasteiger partial charge in [0.05, 0.1) is 18.5 Å². The number of aryl methyl sites for hydroxylation is 2. The van der Waals surface area contributed by atoms with Crippen LogP contribution >= 0.6 is 11.3 Å². The number of benzene rings is 1. The molecule has 1 aromatic carbocycles. The third-order valence-electron chi connectivity index (χ3n) is 4.20. The molecule has 0 aliphatic heterocycles. The molecule has 0 fully saturated rings. The minimum absolute atomic E-state index is 0.0594. The number of hydrogen-bond donors (Lipinski definition) is 1. The zero-order chi connectivity index (χ0) is 18.4. The van der Waals surface area contributed by atoms with Crippen molar-refractivity contribution in [3.63, 3.8) is 0 Å². The molecular formula is C20H23N3O2S. The van der Waals surface area contributed by atoms with Crippen LogP contribution in [0.5, 0.6) is 5.75 Å². The minimum Gasteiger partial charge on any atom is -0.497 e. The molecule has 2 aromatic heterocycles. The summed E-state index contributed by atoms with van der Waals surface area (Å²) >= 11 is 1.68. The zero-order valence-corrected chi connectivity index (χ0v) is 15.9. The van der Waals surface area contributed by atoms with Gasteiger partial charge in [0.1, 0.15) is 11.4 Å². The Balaban J connectivity index is 1.43. The van der Waals surface area contributed by atoms with Crippen LogP contribution in [-0.2, 0) is 17.8 Å². The molecule has 1 amide bonds. The average molecular weight is 369 g/mol. The summed E-state index contributed by atoms with van der Waals surface area (Å²) in [4.78, 5) is 13.2. The van der Waals surface area contributed by atoms with Crippen LogP contribution in [0.4, 0.5) is 0 Å². The summed E-state index contributed by atoms with van der Waals surface area (Å²) in [5, 5.41) is 9.64. The topological polar surface area (TPSA) is 56.1 Å². The van der Waals surface area contributed by atoms with E-state index in [0.29, 0.717) is 19.5 Å². The van der Waals surface area contributed by atoms with Crippen LogP contribution in [0.2, 0.25) is 0 Å². The SMILES string of the molecule is COc1ccc(CCC(=O)NCCn2nc(-c3cccs3)cc2C)cc1. The van der Waals surface area contributed by atoms with Crippen molar-refractivity contribution in [2.45, 2.75) is 26.3 Å². The van der Waals surface area contributed by atoms with E-state index in [9.17, 15) is 4.79 Å². The Morgan fingerprint density at radius 1 is 1.27 bits per heavy atom. The van der Waals surface area contributed by atoms with E-state index in [-0.39, 0.29) is 5.91 Å². The molecule has 0 spiro atoms. The van der Waals surface area contributed by atoms with Crippen LogP contribution in [0.25, 0.3) is 10.6 Å². The van der Waals surface area contributed by atoms with Crippen LogP contribution in [0.3, 0.4) is 0 Å². The lowest BCUT2D eigenvalue weighted by Crippen LogP contribution is -2.27. The molecule has 0 aliphatic carbocycles. The molecule has 6 heteroatoms. The lowest BCUT2D eigenvalue weighted by Gasteiger charge is -2.07. The van der Waals surface area contributed by atoms with Gasteiger partial charge < -0.3 is 10.1 Å². The summed E-state index contributed by atoms with van der Waals surface area (Å²) in [7, 11) is 1.65. The Hall–Kier alpha value is -2.60. The molecule has 26 heavy (non-hydrogen) atoms. The Kier molecular flexibility index (Phi) is 6.07. The second-order valence-corrected chi connectivity index (χ2v) is 7.02. The highest BCUT2D eigenvalue weighted by Crippen LogP contribution is 2.23. The van der Waals surface area contributed by atoms with Crippen LogP contribution in [0.1, 0.15) is 17.7 Å². The first-order valence-electron chi connectivity index (χ1n) is 8.63. The molecule has 0 atom stereocenters. The van der Waals surface area contributed by atoms with Crippen molar-refractivity contribution in [3.05, 3.63) is 59.1 Å². The summed E-state index contributed by atoms with van der Waals surface area (Å²) in [6, 6.07) is 14.0. The van der Waals surface area contributed by atoms with Crippen molar-refractivity contribution in [1.82, 2.24) is 15.1 Å². The monoisotopic (exact) mass is 369 g/mol. The summed E-state index contributed by atoms with van der Waals surface area (Å²) in [6.45, 7) is 3.29. The number of carbonyl (C=O) groups is 1. The van der Waals surface area contributed by atoms with Crippen molar-refractivity contribution in [2.75, 3.05) is 13.7 Å². The number of nitrogens with one attached hydrogen (secondary N) is 1. The summed E-state index contributed by atoms with van der Waals surface area (Å²) in [6.07, 6.45) is 1.20. The number of hydrogen-bond acceptors (Lipinski definition) is 4. The maximum atomic E-state index is 12.0. The highest BCUT2D eigenvalue weighted by molar-refractivity contribution is 7.13. The largest absolute Gasteiger partial charge is 0.497 e. The number of carbonyl (C=O) groups excluding carboxylic acids is 1. The Bertz CT molecular complexity index is 839. The molecule has 2 heterocycles. The molecule has 5 nitrogen and oxygen atoms in total. The lowest BCUT2D eigenvalue weighted by molar-refractivity contribution is -0.121. The summed E-state index contributed by atoms with van der Waals surface area (Å²) < 4.78 is 7.08. The number of aromatic nitrogens is 2. The van der Waals surface area contributed by atoms with E-state index in [1.807, 2.05) is 47.3 Å². The molecule has 3 rings (SSSR count). The van der Waals surface area contributed by atoms with Gasteiger partial charge in [-0.05, 0) is 48.6 Å². The van der Waals surface area contributed by atoms with E-state index in [2.05, 4.69) is 22.5 Å². The molecule has 136 valence electrons. The normalized spacial score (nSPS) is 10.7. The van der Waals surface area contributed by atoms with Crippen molar-refractivity contribution in [1.29, 1.82) is 0 Å². The molecule has 0 aliphatic rings. The van der Waals surface area contributed by atoms with Gasteiger partial charge in [-0.1, -0.05) is 18.2 Å². The maximum Gasteiger partial charge on any atom is 0.220 e. The molecule has 0 saturated heterocycles. The standard InChI is InChI=1S/C20H23N3O2S/c1-15-14-18(19-4-3-13-26-19)22-23(15)12-11-21-20(24)10-7-16-5-8-17(25-2)9-6-16/h3-6,8-9,13-14H,7,10-12H2,1-2H3,(H,21,24). The van der Waals surface area contributed by atoms with Gasteiger partial charge in [-0.25, -0.2) is 0 Å². The van der Waals surface area contributed by atoms with Crippen LogP contribution in [-0.4, -0.2) is 29.3 Å². The van der Waals surface area contributed by atoms with Crippen molar-refractivity contribution < 1.29 is 9.53 Å². The lowest BCUT2D eigenvalue weighted by atomic mass is 10.1. The van der Waals surface area contributed by atoms with E-state index in [0.717, 1.165) is 34.0 Å². The van der Waals surface area contributed by atoms with Gasteiger partial charge in [0.2, 0.25) is 5.91 Å². The zero-order valence-electron chi connectivity index (χ0n) is 15.1. The highest BCUT2D eigenvalue weighted by Gasteiger charge is 2.08. The summed E-state index contributed by atoms with van der Waals surface area (Å²) in [5.41, 5.74) is 3.22. The molecule has 0 saturated carbocycles. The Morgan fingerprint density at radius 3 is 2.77 bits per heavy atom. The molecule has 0 unspecified atom stereocenters. The first-order chi connectivity index (χ1) is 12.7. The first kappa shape index (κ1) is 18.2. The van der Waals surface area contributed by atoms with Crippen molar-refractivity contribution >= 4 is 17.2 Å². The number of methoxy groups -OCH3 is 1. The molecule has 3 aromatic rings. The molecule has 0 radical (unpaired) electrons. The Morgan fingerprint density at radius 2 is 2.08 bits per heavy atom. The van der Waals surface area contributed by atoms with E-state index in [1.165, 1.54) is 0 Å². The van der Waals surface area contributed by atoms with Gasteiger partial charge in [-0.15, -0.1) is 11.3 Å². The van der Waals surface area contributed by atoms with E-state index >= 15 is 0 Å². The predicted molar refractivity (Wildman–Crippen MR) is 105 cm³/mol. The number of rotatable bonds is 8. The Labute approximate surface area is 157 Å². The molecule has 1 N–H and O–H groups in total. The van der Waals surface area contributed by atoms with Gasteiger partial charge in [0.25, 0.3) is 0 Å². The van der Waals surface area contributed by atoms with Gasteiger partial charge in [-0.2, -0.15) is 5.10 Å². The third-order valence-corrected chi connectivity index (χ3v) is 5.09. The number of nitrogens with zero attached hydrogens (tertiary/aromatic N) is 2. The first-order valence-corrected chi connectivity index (χ1v) is 9.51. The second-order valence-electron chi connectivity index (χ2n) is 6.07. The van der Waals surface area contributed by atoms with Crippen LogP contribution < -0.4 is 10.1 Å². The summed E-state index contributed by atoms with van der Waals surface area (Å²) in [5.74, 6) is 0.888. The van der Waals surface area contributed by atoms with E-state index < -0.39 is 0 Å². The molecular weight excluding hydrogens is 346 g/mol. The predicted octanol–water partition coefficient (Wildman–Crippen LogP) is 3.68. The van der Waals surface area contributed by atoms with E-state index in [1.54, 1.807) is 18.4 Å². The van der Waals surface area contributed by atoms with Gasteiger partial charge in [0, 0.05) is 18.7 Å². The number of thiophene rings is 1. The van der Waals surface area contributed by atoms with Gasteiger partial charge in [-0.3, -0.25) is 9.48 Å². The number of ether oxygens (including phenoxy) is 1. The van der Waals surface area contributed by atoms with Crippen molar-refractivity contribution in [3.8, 4) is 16.3 Å². The number of amides is 1. The second kappa shape index (κ2) is 8.67. The smallest absolute Gasteiger partial charge is 0.220 e. The van der Waals surface area contributed by atoms with Crippen molar-refractivity contribution in [2.24, 2.45) is 0 Å². The third kappa shape index (κ3) is 4.73. The van der Waals surface area contributed by atoms with Crippen LogP contribution in [0.15, 0.2) is 47.8 Å². The van der Waals surface area contributed by atoms with Crippen LogP contribution in [0, 0.1) is 6.92 Å². The minimum atomic E-state index is 0.0594. The quantitative estimate of drug-likeness (QED) is 0.659. The van der Waals surface area contributed by atoms with Gasteiger partial charge in [0.15, 0.2) is 0 Å². The van der Waals surface area contributed by atoms with E-state index in [4.69, 9.17) is 4.74 Å². The maximum absolute atomic E-state index is 12.0. The fourth-order valence-electron chi connectivity index (χ4n) is 2.72. The average Bonchev–Trinajstić information content (AvgIpc) is 3.31. The molecule has 0 bridgehead atoms. The van der Waals surface area contributed by atoms with Gasteiger partial charge >= 0.3 is 0 Å². The fourth-order valence-corrected chi connectivity index (χ4v) is 3.40.